The third-order valence-electron chi connectivity index (χ3n) is 4.28. The molecule has 0 radical (unpaired) electrons. The van der Waals surface area contributed by atoms with Crippen LogP contribution < -0.4 is 15.8 Å². The number of piperazine rings is 1. The Labute approximate surface area is 139 Å². The van der Waals surface area contributed by atoms with Gasteiger partial charge in [0.1, 0.15) is 5.52 Å². The van der Waals surface area contributed by atoms with E-state index in [2.05, 4.69) is 20.2 Å². The minimum atomic E-state index is -0.0769. The van der Waals surface area contributed by atoms with Crippen LogP contribution in [0.5, 0.6) is 0 Å². The van der Waals surface area contributed by atoms with Gasteiger partial charge in [-0.2, -0.15) is 0 Å². The standard InChI is InChI=1S/C18H19N5O/c24-18-17(22-11-9-19-10-12-22)21-15-7-4-8-20-16(15)23(18)13-14-5-2-1-3-6-14/h1-8,19H,9-13H2. The lowest BCUT2D eigenvalue weighted by molar-refractivity contribution is 0.580. The van der Waals surface area contributed by atoms with E-state index in [1.807, 2.05) is 42.5 Å². The van der Waals surface area contributed by atoms with Crippen molar-refractivity contribution in [3.8, 4) is 0 Å². The average Bonchev–Trinajstić information content (AvgIpc) is 2.65. The summed E-state index contributed by atoms with van der Waals surface area (Å²) in [6.07, 6.45) is 1.70. The molecule has 0 saturated carbocycles. The van der Waals surface area contributed by atoms with Gasteiger partial charge in [-0.1, -0.05) is 30.3 Å². The first-order valence-electron chi connectivity index (χ1n) is 8.18. The summed E-state index contributed by atoms with van der Waals surface area (Å²) < 4.78 is 1.73. The summed E-state index contributed by atoms with van der Waals surface area (Å²) in [6.45, 7) is 3.81. The molecule has 1 fully saturated rings. The molecule has 0 aliphatic carbocycles. The molecule has 2 aromatic heterocycles. The highest BCUT2D eigenvalue weighted by Gasteiger charge is 2.19. The maximum absolute atomic E-state index is 13.1. The molecule has 0 atom stereocenters. The summed E-state index contributed by atoms with van der Waals surface area (Å²) in [5.74, 6) is 0.521. The van der Waals surface area contributed by atoms with Crippen molar-refractivity contribution in [1.29, 1.82) is 0 Å². The summed E-state index contributed by atoms with van der Waals surface area (Å²) in [5.41, 5.74) is 2.38. The molecule has 0 unspecified atom stereocenters. The lowest BCUT2D eigenvalue weighted by atomic mass is 10.2. The summed E-state index contributed by atoms with van der Waals surface area (Å²) in [4.78, 5) is 24.1. The van der Waals surface area contributed by atoms with Crippen molar-refractivity contribution in [3.05, 3.63) is 64.6 Å². The first-order valence-corrected chi connectivity index (χ1v) is 8.18. The molecule has 1 saturated heterocycles. The van der Waals surface area contributed by atoms with Gasteiger partial charge in [0.2, 0.25) is 0 Å². The fourth-order valence-corrected chi connectivity index (χ4v) is 3.06. The fourth-order valence-electron chi connectivity index (χ4n) is 3.06. The van der Waals surface area contributed by atoms with Crippen molar-refractivity contribution in [1.82, 2.24) is 19.9 Å². The van der Waals surface area contributed by atoms with E-state index < -0.39 is 0 Å². The number of hydrogen-bond acceptors (Lipinski definition) is 5. The van der Waals surface area contributed by atoms with Crippen LogP contribution in [0.4, 0.5) is 5.82 Å². The molecule has 1 aliphatic rings. The van der Waals surface area contributed by atoms with Crippen LogP contribution in [0.1, 0.15) is 5.56 Å². The molecule has 24 heavy (non-hydrogen) atoms. The quantitative estimate of drug-likeness (QED) is 0.787. The van der Waals surface area contributed by atoms with Gasteiger partial charge >= 0.3 is 0 Å². The maximum atomic E-state index is 13.1. The zero-order chi connectivity index (χ0) is 16.4. The van der Waals surface area contributed by atoms with Crippen molar-refractivity contribution < 1.29 is 0 Å². The molecule has 3 aromatic rings. The number of anilines is 1. The van der Waals surface area contributed by atoms with Crippen molar-refractivity contribution in [2.45, 2.75) is 6.54 Å². The predicted octanol–water partition coefficient (Wildman–Crippen LogP) is 1.25. The molecular weight excluding hydrogens is 302 g/mol. The van der Waals surface area contributed by atoms with Crippen LogP contribution in [-0.4, -0.2) is 40.7 Å². The predicted molar refractivity (Wildman–Crippen MR) is 94.4 cm³/mol. The Balaban J connectivity index is 1.86. The Kier molecular flexibility index (Phi) is 3.96. The molecule has 1 N–H and O–H groups in total. The monoisotopic (exact) mass is 321 g/mol. The van der Waals surface area contributed by atoms with Crippen LogP contribution in [-0.2, 0) is 6.54 Å². The van der Waals surface area contributed by atoms with E-state index in [4.69, 9.17) is 0 Å². The second-order valence-electron chi connectivity index (χ2n) is 5.90. The van der Waals surface area contributed by atoms with Gasteiger partial charge in [0.15, 0.2) is 11.5 Å². The minimum Gasteiger partial charge on any atom is -0.349 e. The summed E-state index contributed by atoms with van der Waals surface area (Å²) >= 11 is 0. The lowest BCUT2D eigenvalue weighted by Crippen LogP contribution is -2.46. The molecule has 4 rings (SSSR count). The number of nitrogens with zero attached hydrogens (tertiary/aromatic N) is 4. The van der Waals surface area contributed by atoms with Gasteiger partial charge < -0.3 is 10.2 Å². The number of benzene rings is 1. The van der Waals surface area contributed by atoms with E-state index in [1.54, 1.807) is 10.8 Å². The van der Waals surface area contributed by atoms with Gasteiger partial charge in [0.05, 0.1) is 6.54 Å². The van der Waals surface area contributed by atoms with Gasteiger partial charge in [-0.25, -0.2) is 9.97 Å². The summed E-state index contributed by atoms with van der Waals surface area (Å²) in [7, 11) is 0. The first-order chi connectivity index (χ1) is 11.8. The van der Waals surface area contributed by atoms with E-state index in [1.165, 1.54) is 0 Å². The number of hydrogen-bond donors (Lipinski definition) is 1. The van der Waals surface area contributed by atoms with Gasteiger partial charge in [0.25, 0.3) is 5.56 Å². The van der Waals surface area contributed by atoms with Crippen molar-refractivity contribution in [3.63, 3.8) is 0 Å². The molecule has 0 bridgehead atoms. The first kappa shape index (κ1) is 14.8. The fraction of sp³-hybridized carbons (Fsp3) is 0.278. The smallest absolute Gasteiger partial charge is 0.295 e. The van der Waals surface area contributed by atoms with Crippen molar-refractivity contribution in [2.24, 2.45) is 0 Å². The Hall–Kier alpha value is -2.73. The third kappa shape index (κ3) is 2.76. The van der Waals surface area contributed by atoms with Gasteiger partial charge in [-0.05, 0) is 17.7 Å². The van der Waals surface area contributed by atoms with Crippen LogP contribution in [0.2, 0.25) is 0 Å². The molecule has 122 valence electrons. The van der Waals surface area contributed by atoms with E-state index in [9.17, 15) is 4.79 Å². The topological polar surface area (TPSA) is 63.1 Å². The number of aromatic nitrogens is 3. The zero-order valence-corrected chi connectivity index (χ0v) is 13.4. The molecule has 1 aromatic carbocycles. The van der Waals surface area contributed by atoms with Gasteiger partial charge in [-0.3, -0.25) is 9.36 Å². The maximum Gasteiger partial charge on any atom is 0.295 e. The summed E-state index contributed by atoms with van der Waals surface area (Å²) in [6, 6.07) is 13.7. The Bertz CT molecular complexity index is 900. The summed E-state index contributed by atoms with van der Waals surface area (Å²) in [5, 5.41) is 3.30. The van der Waals surface area contributed by atoms with Crippen LogP contribution in [0.15, 0.2) is 53.5 Å². The van der Waals surface area contributed by atoms with Crippen LogP contribution in [0.25, 0.3) is 11.2 Å². The van der Waals surface area contributed by atoms with Crippen LogP contribution >= 0.6 is 0 Å². The second kappa shape index (κ2) is 6.41. The molecule has 6 heteroatoms. The number of pyridine rings is 1. The minimum absolute atomic E-state index is 0.0769. The molecule has 3 heterocycles. The average molecular weight is 321 g/mol. The van der Waals surface area contributed by atoms with Crippen LogP contribution in [0, 0.1) is 0 Å². The van der Waals surface area contributed by atoms with E-state index in [0.29, 0.717) is 18.0 Å². The second-order valence-corrected chi connectivity index (χ2v) is 5.90. The normalized spacial score (nSPS) is 14.9. The molecule has 6 nitrogen and oxygen atoms in total. The lowest BCUT2D eigenvalue weighted by Gasteiger charge is -2.28. The molecule has 0 spiro atoms. The van der Waals surface area contributed by atoms with E-state index in [-0.39, 0.29) is 5.56 Å². The molecule has 1 aliphatic heterocycles. The highest BCUT2D eigenvalue weighted by atomic mass is 16.1. The largest absolute Gasteiger partial charge is 0.349 e. The SMILES string of the molecule is O=c1c(N2CCNCC2)nc2cccnc2n1Cc1ccccc1. The Morgan fingerprint density at radius 1 is 1.04 bits per heavy atom. The molecular formula is C18H19N5O. The Morgan fingerprint density at radius 2 is 1.83 bits per heavy atom. The van der Waals surface area contributed by atoms with Crippen LogP contribution in [0.3, 0.4) is 0 Å². The van der Waals surface area contributed by atoms with E-state index >= 15 is 0 Å². The van der Waals surface area contributed by atoms with Crippen molar-refractivity contribution >= 4 is 17.0 Å². The van der Waals surface area contributed by atoms with Crippen molar-refractivity contribution in [2.75, 3.05) is 31.1 Å². The molecule has 0 amide bonds. The number of fused-ring (bicyclic) bond motifs is 1. The highest BCUT2D eigenvalue weighted by Crippen LogP contribution is 2.14. The van der Waals surface area contributed by atoms with Gasteiger partial charge in [0, 0.05) is 32.4 Å². The highest BCUT2D eigenvalue weighted by molar-refractivity contribution is 5.72. The van der Waals surface area contributed by atoms with Gasteiger partial charge in [-0.15, -0.1) is 0 Å². The Morgan fingerprint density at radius 3 is 2.62 bits per heavy atom. The van der Waals surface area contributed by atoms with E-state index in [0.717, 1.165) is 37.3 Å². The number of rotatable bonds is 3. The zero-order valence-electron chi connectivity index (χ0n) is 13.4. The number of nitrogens with one attached hydrogen (secondary N) is 1. The third-order valence-corrected chi connectivity index (χ3v) is 4.28.